The zero-order chi connectivity index (χ0) is 15.7. The molecule has 22 heavy (non-hydrogen) atoms. The lowest BCUT2D eigenvalue weighted by atomic mass is 10.2. The van der Waals surface area contributed by atoms with Crippen LogP contribution in [-0.2, 0) is 4.79 Å². The van der Waals surface area contributed by atoms with Gasteiger partial charge in [-0.25, -0.2) is 0 Å². The van der Waals surface area contributed by atoms with E-state index >= 15 is 0 Å². The second-order valence-corrected chi connectivity index (χ2v) is 6.41. The molecule has 0 radical (unpaired) electrons. The second-order valence-electron chi connectivity index (χ2n) is 4.95. The predicted octanol–water partition coefficient (Wildman–Crippen LogP) is 4.70. The molecule has 110 valence electrons. The van der Waals surface area contributed by atoms with E-state index in [9.17, 15) is 4.79 Å². The summed E-state index contributed by atoms with van der Waals surface area (Å²) in [4.78, 5) is 14.5. The molecule has 1 fully saturated rings. The van der Waals surface area contributed by atoms with Crippen molar-refractivity contribution in [1.29, 1.82) is 5.41 Å². The van der Waals surface area contributed by atoms with Gasteiger partial charge in [-0.2, -0.15) is 0 Å². The molecule has 3 nitrogen and oxygen atoms in total. The minimum atomic E-state index is -0.171. The van der Waals surface area contributed by atoms with Gasteiger partial charge in [0.1, 0.15) is 0 Å². The van der Waals surface area contributed by atoms with Gasteiger partial charge in [0.25, 0.3) is 5.91 Å². The Balaban J connectivity index is 1.93. The molecule has 5 heteroatoms. The standard InChI is InChI=1S/C17H13ClN2OS/c1-11-3-2-4-14(9-11)20-16(21)15(22-17(20)19)10-12-5-7-13(18)8-6-12/h2-10,19H,1H3/b15-10-,19-17?. The normalized spacial score (nSPS) is 16.6. The van der Waals surface area contributed by atoms with Gasteiger partial charge >= 0.3 is 0 Å². The number of carbonyl (C=O) groups excluding carboxylic acids is 1. The summed E-state index contributed by atoms with van der Waals surface area (Å²) in [7, 11) is 0. The fourth-order valence-electron chi connectivity index (χ4n) is 2.20. The summed E-state index contributed by atoms with van der Waals surface area (Å²) < 4.78 is 0. The highest BCUT2D eigenvalue weighted by Gasteiger charge is 2.33. The SMILES string of the molecule is Cc1cccc(N2C(=N)S/C(=C\c3ccc(Cl)cc3)C2=O)c1. The lowest BCUT2D eigenvalue weighted by molar-refractivity contribution is -0.113. The number of amidine groups is 1. The van der Waals surface area contributed by atoms with Gasteiger partial charge in [0.2, 0.25) is 0 Å². The Morgan fingerprint density at radius 2 is 1.91 bits per heavy atom. The number of aryl methyl sites for hydroxylation is 1. The van der Waals surface area contributed by atoms with E-state index in [1.165, 1.54) is 16.7 Å². The smallest absolute Gasteiger partial charge is 0.271 e. The molecule has 0 atom stereocenters. The molecule has 1 heterocycles. The molecular weight excluding hydrogens is 316 g/mol. The molecule has 0 aliphatic carbocycles. The molecule has 2 aromatic carbocycles. The lowest BCUT2D eigenvalue weighted by Crippen LogP contribution is -2.28. The molecule has 1 aliphatic rings. The van der Waals surface area contributed by atoms with Crippen LogP contribution in [-0.4, -0.2) is 11.1 Å². The molecule has 0 unspecified atom stereocenters. The molecular formula is C17H13ClN2OS. The van der Waals surface area contributed by atoms with Crippen LogP contribution in [0.15, 0.2) is 53.4 Å². The second kappa shape index (κ2) is 5.99. The van der Waals surface area contributed by atoms with E-state index in [2.05, 4.69) is 0 Å². The Morgan fingerprint density at radius 1 is 1.18 bits per heavy atom. The van der Waals surface area contributed by atoms with Gasteiger partial charge < -0.3 is 0 Å². The number of nitrogens with zero attached hydrogens (tertiary/aromatic N) is 1. The third-order valence-corrected chi connectivity index (χ3v) is 4.39. The number of nitrogens with one attached hydrogen (secondary N) is 1. The first-order valence-electron chi connectivity index (χ1n) is 6.69. The molecule has 1 N–H and O–H groups in total. The molecule has 0 aromatic heterocycles. The lowest BCUT2D eigenvalue weighted by Gasteiger charge is -2.14. The van der Waals surface area contributed by atoms with Crippen LogP contribution in [0.2, 0.25) is 5.02 Å². The first kappa shape index (κ1) is 14.9. The van der Waals surface area contributed by atoms with Gasteiger partial charge in [0.05, 0.1) is 10.6 Å². The highest BCUT2D eigenvalue weighted by atomic mass is 35.5. The fraction of sp³-hybridized carbons (Fsp3) is 0.0588. The van der Waals surface area contributed by atoms with Crippen LogP contribution in [0.3, 0.4) is 0 Å². The van der Waals surface area contributed by atoms with E-state index in [1.807, 2.05) is 43.3 Å². The number of carbonyl (C=O) groups is 1. The van der Waals surface area contributed by atoms with E-state index in [-0.39, 0.29) is 11.1 Å². The zero-order valence-electron chi connectivity index (χ0n) is 11.8. The number of amides is 1. The van der Waals surface area contributed by atoms with Crippen molar-refractivity contribution in [3.8, 4) is 0 Å². The van der Waals surface area contributed by atoms with Crippen LogP contribution in [0.4, 0.5) is 5.69 Å². The maximum absolute atomic E-state index is 12.6. The summed E-state index contributed by atoms with van der Waals surface area (Å²) in [5, 5.41) is 8.95. The van der Waals surface area contributed by atoms with E-state index < -0.39 is 0 Å². The Labute approximate surface area is 138 Å². The van der Waals surface area contributed by atoms with Crippen molar-refractivity contribution in [1.82, 2.24) is 0 Å². The molecule has 0 saturated carbocycles. The highest BCUT2D eigenvalue weighted by Crippen LogP contribution is 2.35. The van der Waals surface area contributed by atoms with Crippen molar-refractivity contribution < 1.29 is 4.79 Å². The number of hydrogen-bond donors (Lipinski definition) is 1. The first-order valence-corrected chi connectivity index (χ1v) is 7.89. The number of rotatable bonds is 2. The molecule has 3 rings (SSSR count). The van der Waals surface area contributed by atoms with Gasteiger partial charge in [-0.3, -0.25) is 15.1 Å². The molecule has 0 spiro atoms. The predicted molar refractivity (Wildman–Crippen MR) is 93.4 cm³/mol. The summed E-state index contributed by atoms with van der Waals surface area (Å²) in [5.74, 6) is -0.171. The average molecular weight is 329 g/mol. The Kier molecular flexibility index (Phi) is 4.05. The first-order chi connectivity index (χ1) is 10.5. The number of anilines is 1. The average Bonchev–Trinajstić information content (AvgIpc) is 2.76. The summed E-state index contributed by atoms with van der Waals surface area (Å²) in [6.07, 6.45) is 1.79. The van der Waals surface area contributed by atoms with E-state index in [1.54, 1.807) is 18.2 Å². The summed E-state index contributed by atoms with van der Waals surface area (Å²) >= 11 is 7.03. The van der Waals surface area contributed by atoms with Crippen LogP contribution in [0.1, 0.15) is 11.1 Å². The largest absolute Gasteiger partial charge is 0.278 e. The molecule has 0 bridgehead atoms. The van der Waals surface area contributed by atoms with Gasteiger partial charge in [-0.1, -0.05) is 35.9 Å². The van der Waals surface area contributed by atoms with E-state index in [4.69, 9.17) is 17.0 Å². The van der Waals surface area contributed by atoms with Crippen molar-refractivity contribution in [3.05, 3.63) is 69.6 Å². The molecule has 2 aromatic rings. The highest BCUT2D eigenvalue weighted by molar-refractivity contribution is 8.19. The van der Waals surface area contributed by atoms with Gasteiger partial charge in [-0.15, -0.1) is 0 Å². The minimum absolute atomic E-state index is 0.171. The Bertz CT molecular complexity index is 784. The van der Waals surface area contributed by atoms with E-state index in [0.717, 1.165) is 16.8 Å². The van der Waals surface area contributed by atoms with E-state index in [0.29, 0.717) is 9.93 Å². The van der Waals surface area contributed by atoms with Crippen LogP contribution in [0.5, 0.6) is 0 Å². The third kappa shape index (κ3) is 2.93. The topological polar surface area (TPSA) is 44.2 Å². The quantitative estimate of drug-likeness (QED) is 0.812. The summed E-state index contributed by atoms with van der Waals surface area (Å²) in [6.45, 7) is 1.96. The van der Waals surface area contributed by atoms with Gasteiger partial charge in [-0.05, 0) is 60.2 Å². The van der Waals surface area contributed by atoms with Gasteiger partial charge in [0, 0.05) is 5.02 Å². The molecule has 1 amide bonds. The van der Waals surface area contributed by atoms with Crippen molar-refractivity contribution in [2.75, 3.05) is 4.90 Å². The van der Waals surface area contributed by atoms with Crippen molar-refractivity contribution in [2.45, 2.75) is 6.92 Å². The summed E-state index contributed by atoms with van der Waals surface area (Å²) in [5.41, 5.74) is 2.67. The number of halogens is 1. The van der Waals surface area contributed by atoms with Crippen LogP contribution in [0, 0.1) is 12.3 Å². The summed E-state index contributed by atoms with van der Waals surface area (Å²) in [6, 6.07) is 14.8. The Morgan fingerprint density at radius 3 is 2.59 bits per heavy atom. The minimum Gasteiger partial charge on any atom is -0.278 e. The maximum Gasteiger partial charge on any atom is 0.271 e. The van der Waals surface area contributed by atoms with Crippen molar-refractivity contribution >= 4 is 46.2 Å². The zero-order valence-corrected chi connectivity index (χ0v) is 13.4. The van der Waals surface area contributed by atoms with Crippen molar-refractivity contribution in [2.24, 2.45) is 0 Å². The number of thioether (sulfide) groups is 1. The van der Waals surface area contributed by atoms with Crippen LogP contribution < -0.4 is 4.90 Å². The van der Waals surface area contributed by atoms with Crippen LogP contribution >= 0.6 is 23.4 Å². The molecule has 1 aliphatic heterocycles. The number of hydrogen-bond acceptors (Lipinski definition) is 3. The van der Waals surface area contributed by atoms with Crippen LogP contribution in [0.25, 0.3) is 6.08 Å². The Hall–Kier alpha value is -2.04. The number of benzene rings is 2. The van der Waals surface area contributed by atoms with Gasteiger partial charge in [0.15, 0.2) is 5.17 Å². The monoisotopic (exact) mass is 328 g/mol. The molecule has 1 saturated heterocycles. The fourth-order valence-corrected chi connectivity index (χ4v) is 3.19. The third-order valence-electron chi connectivity index (χ3n) is 3.25. The van der Waals surface area contributed by atoms with Crippen molar-refractivity contribution in [3.63, 3.8) is 0 Å². The maximum atomic E-state index is 12.6.